The van der Waals surface area contributed by atoms with Crippen molar-refractivity contribution in [3.8, 4) is 0 Å². The lowest BCUT2D eigenvalue weighted by Gasteiger charge is -2.41. The summed E-state index contributed by atoms with van der Waals surface area (Å²) in [4.78, 5) is 0. The fourth-order valence-electron chi connectivity index (χ4n) is 1.84. The molecular weight excluding hydrogens is 338 g/mol. The van der Waals surface area contributed by atoms with Gasteiger partial charge in [0.2, 0.25) is 0 Å². The number of alkyl halides is 9. The fraction of sp³-hybridized carbons (Fsp3) is 0.455. The van der Waals surface area contributed by atoms with Crippen molar-refractivity contribution in [2.75, 3.05) is 0 Å². The third-order valence-electron chi connectivity index (χ3n) is 2.94. The Balaban J connectivity index is 3.66. The van der Waals surface area contributed by atoms with Crippen LogP contribution in [0.25, 0.3) is 0 Å². The molecule has 0 amide bonds. The summed E-state index contributed by atoms with van der Waals surface area (Å²) in [5.41, 5.74) is -7.78. The quantitative estimate of drug-likeness (QED) is 0.782. The Bertz CT molecular complexity index is 474. The Hall–Kier alpha value is -1.52. The molecule has 1 rings (SSSR count). The van der Waals surface area contributed by atoms with E-state index >= 15 is 0 Å². The van der Waals surface area contributed by atoms with E-state index in [0.717, 1.165) is 0 Å². The van der Waals surface area contributed by atoms with Gasteiger partial charge in [0.1, 0.15) is 11.9 Å². The van der Waals surface area contributed by atoms with E-state index < -0.39 is 41.4 Å². The molecule has 0 radical (unpaired) electrons. The lowest BCUT2D eigenvalue weighted by atomic mass is 9.76. The standard InChI is InChI=1S/C11H6F10O/c12-6-3-1-5(2-4-6)7(22)8(9(13,14)15,10(16,17)18)11(19,20)21/h1-4,7,22H. The molecule has 0 aromatic heterocycles. The molecule has 0 fully saturated rings. The minimum atomic E-state index is -6.89. The Labute approximate surface area is 116 Å². The molecule has 0 bridgehead atoms. The molecule has 22 heavy (non-hydrogen) atoms. The van der Waals surface area contributed by atoms with Gasteiger partial charge in [0.15, 0.2) is 0 Å². The van der Waals surface area contributed by atoms with Gasteiger partial charge < -0.3 is 5.11 Å². The number of benzene rings is 1. The highest BCUT2D eigenvalue weighted by Gasteiger charge is 2.86. The minimum absolute atomic E-state index is 0.206. The fourth-order valence-corrected chi connectivity index (χ4v) is 1.84. The molecule has 0 saturated heterocycles. The minimum Gasteiger partial charge on any atom is -0.387 e. The molecule has 0 spiro atoms. The van der Waals surface area contributed by atoms with E-state index in [-0.39, 0.29) is 12.1 Å². The molecule has 1 nitrogen and oxygen atoms in total. The average Bonchev–Trinajstić information content (AvgIpc) is 2.23. The topological polar surface area (TPSA) is 20.2 Å². The van der Waals surface area contributed by atoms with E-state index in [2.05, 4.69) is 0 Å². The number of hydrogen-bond donors (Lipinski definition) is 1. The predicted molar refractivity (Wildman–Crippen MR) is 52.0 cm³/mol. The van der Waals surface area contributed by atoms with Crippen molar-refractivity contribution in [2.24, 2.45) is 5.41 Å². The average molecular weight is 344 g/mol. The molecule has 1 atom stereocenters. The second kappa shape index (κ2) is 5.28. The van der Waals surface area contributed by atoms with Gasteiger partial charge in [-0.05, 0) is 17.7 Å². The van der Waals surface area contributed by atoms with Crippen molar-refractivity contribution >= 4 is 0 Å². The summed E-state index contributed by atoms with van der Waals surface area (Å²) in [7, 11) is 0. The first-order valence-corrected chi connectivity index (χ1v) is 5.30. The van der Waals surface area contributed by atoms with Gasteiger partial charge in [0.05, 0.1) is 0 Å². The molecule has 0 saturated carbocycles. The van der Waals surface area contributed by atoms with Crippen molar-refractivity contribution in [3.63, 3.8) is 0 Å². The first-order chi connectivity index (χ1) is 9.66. The maximum absolute atomic E-state index is 12.7. The molecule has 0 aliphatic rings. The van der Waals surface area contributed by atoms with Gasteiger partial charge in [0.25, 0.3) is 5.41 Å². The molecule has 126 valence electrons. The zero-order valence-electron chi connectivity index (χ0n) is 10.1. The van der Waals surface area contributed by atoms with Gasteiger partial charge in [-0.15, -0.1) is 0 Å². The van der Waals surface area contributed by atoms with Crippen LogP contribution in [0.15, 0.2) is 24.3 Å². The second-order valence-corrected chi connectivity index (χ2v) is 4.26. The molecule has 0 aliphatic carbocycles. The van der Waals surface area contributed by atoms with Crippen molar-refractivity contribution in [1.29, 1.82) is 0 Å². The Morgan fingerprint density at radius 3 is 1.27 bits per heavy atom. The van der Waals surface area contributed by atoms with Crippen LogP contribution in [0.1, 0.15) is 11.7 Å². The van der Waals surface area contributed by atoms with Crippen LogP contribution < -0.4 is 0 Å². The van der Waals surface area contributed by atoms with Crippen molar-refractivity contribution < 1.29 is 49.0 Å². The maximum atomic E-state index is 12.7. The predicted octanol–water partition coefficient (Wildman–Crippen LogP) is 4.53. The lowest BCUT2D eigenvalue weighted by Crippen LogP contribution is -2.62. The summed E-state index contributed by atoms with van der Waals surface area (Å²) in [5, 5.41) is 9.25. The smallest absolute Gasteiger partial charge is 0.387 e. The van der Waals surface area contributed by atoms with Gasteiger partial charge in [-0.1, -0.05) is 12.1 Å². The van der Waals surface area contributed by atoms with E-state index in [4.69, 9.17) is 0 Å². The van der Waals surface area contributed by atoms with Crippen LogP contribution in [0.2, 0.25) is 0 Å². The van der Waals surface area contributed by atoms with E-state index in [1.807, 2.05) is 0 Å². The van der Waals surface area contributed by atoms with Crippen LogP contribution >= 0.6 is 0 Å². The molecule has 0 heterocycles. The largest absolute Gasteiger partial charge is 0.415 e. The molecule has 1 aromatic rings. The highest BCUT2D eigenvalue weighted by atomic mass is 19.4. The summed E-state index contributed by atoms with van der Waals surface area (Å²) in [6.07, 6.45) is -24.7. The van der Waals surface area contributed by atoms with Gasteiger partial charge >= 0.3 is 18.5 Å². The van der Waals surface area contributed by atoms with E-state index in [9.17, 15) is 49.0 Å². The van der Waals surface area contributed by atoms with Crippen LogP contribution in [0.5, 0.6) is 0 Å². The maximum Gasteiger partial charge on any atom is 0.415 e. The summed E-state index contributed by atoms with van der Waals surface area (Å²) in [6.45, 7) is 0. The molecular formula is C11H6F10O. The number of aliphatic hydroxyl groups excluding tert-OH is 1. The monoisotopic (exact) mass is 344 g/mol. The highest BCUT2D eigenvalue weighted by molar-refractivity contribution is 5.23. The van der Waals surface area contributed by atoms with E-state index in [0.29, 0.717) is 12.1 Å². The Kier molecular flexibility index (Phi) is 4.45. The van der Waals surface area contributed by atoms with Crippen LogP contribution in [-0.4, -0.2) is 23.6 Å². The molecule has 1 N–H and O–H groups in total. The number of hydrogen-bond acceptors (Lipinski definition) is 1. The SMILES string of the molecule is OC(c1ccc(F)cc1)C(C(F)(F)F)(C(F)(F)F)C(F)(F)F. The van der Waals surface area contributed by atoms with Crippen LogP contribution in [-0.2, 0) is 0 Å². The summed E-state index contributed by atoms with van der Waals surface area (Å²) in [6, 6.07) is 1.06. The molecule has 1 aromatic carbocycles. The third-order valence-corrected chi connectivity index (χ3v) is 2.94. The van der Waals surface area contributed by atoms with Gasteiger partial charge in [-0.3, -0.25) is 0 Å². The normalized spacial score (nSPS) is 15.8. The zero-order valence-corrected chi connectivity index (χ0v) is 10.1. The van der Waals surface area contributed by atoms with E-state index in [1.54, 1.807) is 0 Å². The first kappa shape index (κ1) is 18.5. The van der Waals surface area contributed by atoms with E-state index in [1.165, 1.54) is 0 Å². The first-order valence-electron chi connectivity index (χ1n) is 5.30. The van der Waals surface area contributed by atoms with Crippen LogP contribution in [0.4, 0.5) is 43.9 Å². The molecule has 0 aliphatic heterocycles. The number of aliphatic hydroxyl groups is 1. The van der Waals surface area contributed by atoms with Crippen LogP contribution in [0, 0.1) is 11.2 Å². The lowest BCUT2D eigenvalue weighted by molar-refractivity contribution is -0.449. The zero-order chi connectivity index (χ0) is 17.6. The van der Waals surface area contributed by atoms with Gasteiger partial charge in [-0.25, -0.2) is 4.39 Å². The Morgan fingerprint density at radius 1 is 0.682 bits per heavy atom. The molecule has 11 heteroatoms. The number of rotatable bonds is 2. The molecule has 1 unspecified atom stereocenters. The summed E-state index contributed by atoms with van der Waals surface area (Å²) >= 11 is 0. The Morgan fingerprint density at radius 2 is 1.00 bits per heavy atom. The van der Waals surface area contributed by atoms with Crippen molar-refractivity contribution in [2.45, 2.75) is 24.6 Å². The van der Waals surface area contributed by atoms with Crippen molar-refractivity contribution in [3.05, 3.63) is 35.6 Å². The van der Waals surface area contributed by atoms with Gasteiger partial charge in [0, 0.05) is 0 Å². The second-order valence-electron chi connectivity index (χ2n) is 4.26. The highest BCUT2D eigenvalue weighted by Crippen LogP contribution is 2.64. The number of halogens is 10. The van der Waals surface area contributed by atoms with Crippen LogP contribution in [0.3, 0.4) is 0 Å². The van der Waals surface area contributed by atoms with Gasteiger partial charge in [-0.2, -0.15) is 39.5 Å². The third kappa shape index (κ3) is 2.73. The van der Waals surface area contributed by atoms with Crippen molar-refractivity contribution in [1.82, 2.24) is 0 Å². The summed E-state index contributed by atoms with van der Waals surface area (Å²) in [5.74, 6) is -1.12. The summed E-state index contributed by atoms with van der Waals surface area (Å²) < 4.78 is 127.